The standard InChI is InChI=1S/C12H12F4N2O/c13-10(14)12(15,16)11(19)18-7-1-2-9(18)8-3-5-17-6-4-8/h3-6,9-10H,1-2,7H2. The molecular weight excluding hydrogens is 264 g/mol. The Morgan fingerprint density at radius 2 is 2.00 bits per heavy atom. The molecule has 0 aromatic carbocycles. The molecule has 2 heterocycles. The summed E-state index contributed by atoms with van der Waals surface area (Å²) in [6.07, 6.45) is -0.0466. The fraction of sp³-hybridized carbons (Fsp3) is 0.500. The third kappa shape index (κ3) is 2.54. The lowest BCUT2D eigenvalue weighted by molar-refractivity contribution is -0.181. The highest BCUT2D eigenvalue weighted by atomic mass is 19.3. The summed E-state index contributed by atoms with van der Waals surface area (Å²) in [4.78, 5) is 16.2. The van der Waals surface area contributed by atoms with E-state index in [0.717, 1.165) is 4.90 Å². The van der Waals surface area contributed by atoms with E-state index in [0.29, 0.717) is 18.4 Å². The molecule has 0 spiro atoms. The summed E-state index contributed by atoms with van der Waals surface area (Å²) < 4.78 is 50.7. The highest BCUT2D eigenvalue weighted by Crippen LogP contribution is 2.36. The number of nitrogens with zero attached hydrogens (tertiary/aromatic N) is 2. The van der Waals surface area contributed by atoms with Gasteiger partial charge in [-0.1, -0.05) is 0 Å². The van der Waals surface area contributed by atoms with Crippen molar-refractivity contribution in [2.75, 3.05) is 6.54 Å². The van der Waals surface area contributed by atoms with Crippen LogP contribution in [-0.4, -0.2) is 34.7 Å². The Morgan fingerprint density at radius 3 is 2.58 bits per heavy atom. The van der Waals surface area contributed by atoms with Crippen LogP contribution in [0.2, 0.25) is 0 Å². The van der Waals surface area contributed by atoms with Gasteiger partial charge in [-0.15, -0.1) is 0 Å². The van der Waals surface area contributed by atoms with Gasteiger partial charge < -0.3 is 4.90 Å². The van der Waals surface area contributed by atoms with Crippen molar-refractivity contribution in [2.24, 2.45) is 0 Å². The van der Waals surface area contributed by atoms with Gasteiger partial charge in [0.15, 0.2) is 0 Å². The highest BCUT2D eigenvalue weighted by Gasteiger charge is 2.53. The van der Waals surface area contributed by atoms with E-state index in [9.17, 15) is 22.4 Å². The Morgan fingerprint density at radius 1 is 1.37 bits per heavy atom. The molecule has 0 aliphatic carbocycles. The molecule has 19 heavy (non-hydrogen) atoms. The van der Waals surface area contributed by atoms with Crippen molar-refractivity contribution in [1.82, 2.24) is 9.88 Å². The number of carbonyl (C=O) groups excluding carboxylic acids is 1. The molecule has 104 valence electrons. The molecule has 1 saturated heterocycles. The first-order valence-electron chi connectivity index (χ1n) is 5.81. The Labute approximate surface area is 107 Å². The van der Waals surface area contributed by atoms with Crippen molar-refractivity contribution in [3.05, 3.63) is 30.1 Å². The Bertz CT molecular complexity index is 452. The van der Waals surface area contributed by atoms with Gasteiger partial charge >= 0.3 is 12.3 Å². The summed E-state index contributed by atoms with van der Waals surface area (Å²) in [5.41, 5.74) is 0.630. The molecule has 0 bridgehead atoms. The van der Waals surface area contributed by atoms with Gasteiger partial charge in [-0.2, -0.15) is 8.78 Å². The molecular formula is C12H12F4N2O. The van der Waals surface area contributed by atoms with Gasteiger partial charge in [0, 0.05) is 18.9 Å². The van der Waals surface area contributed by atoms with E-state index < -0.39 is 24.3 Å². The molecule has 2 rings (SSSR count). The van der Waals surface area contributed by atoms with E-state index in [1.165, 1.54) is 12.4 Å². The number of rotatable bonds is 3. The topological polar surface area (TPSA) is 33.2 Å². The second kappa shape index (κ2) is 5.14. The largest absolute Gasteiger partial charge is 0.383 e. The van der Waals surface area contributed by atoms with Crippen molar-refractivity contribution in [3.63, 3.8) is 0 Å². The summed E-state index contributed by atoms with van der Waals surface area (Å²) in [5, 5.41) is 0. The third-order valence-electron chi connectivity index (χ3n) is 3.16. The molecule has 1 atom stereocenters. The third-order valence-corrected chi connectivity index (χ3v) is 3.16. The predicted molar refractivity (Wildman–Crippen MR) is 58.9 cm³/mol. The number of aromatic nitrogens is 1. The van der Waals surface area contributed by atoms with Gasteiger partial charge in [0.1, 0.15) is 0 Å². The smallest absolute Gasteiger partial charge is 0.330 e. The maximum Gasteiger partial charge on any atom is 0.383 e. The number of alkyl halides is 4. The fourth-order valence-corrected chi connectivity index (χ4v) is 2.23. The van der Waals surface area contributed by atoms with Crippen LogP contribution in [0.1, 0.15) is 24.4 Å². The molecule has 1 unspecified atom stereocenters. The summed E-state index contributed by atoms with van der Waals surface area (Å²) in [6.45, 7) is 0.0636. The molecule has 1 aliphatic rings. The Hall–Kier alpha value is -1.66. The van der Waals surface area contributed by atoms with E-state index in [1.807, 2.05) is 0 Å². The number of likely N-dealkylation sites (tertiary alicyclic amines) is 1. The monoisotopic (exact) mass is 276 g/mol. The van der Waals surface area contributed by atoms with Gasteiger partial charge in [-0.3, -0.25) is 9.78 Å². The normalized spacial score (nSPS) is 20.1. The van der Waals surface area contributed by atoms with Gasteiger partial charge in [0.05, 0.1) is 6.04 Å². The van der Waals surface area contributed by atoms with Crippen molar-refractivity contribution in [1.29, 1.82) is 0 Å². The van der Waals surface area contributed by atoms with Crippen LogP contribution in [0.3, 0.4) is 0 Å². The second-order valence-corrected chi connectivity index (χ2v) is 4.36. The minimum atomic E-state index is -4.63. The second-order valence-electron chi connectivity index (χ2n) is 4.36. The Balaban J connectivity index is 2.22. The SMILES string of the molecule is O=C(N1CCCC1c1ccncc1)C(F)(F)C(F)F. The zero-order chi connectivity index (χ0) is 14.0. The predicted octanol–water partition coefficient (Wildman–Crippen LogP) is 2.65. The van der Waals surface area contributed by atoms with Crippen LogP contribution < -0.4 is 0 Å². The van der Waals surface area contributed by atoms with Gasteiger partial charge in [-0.25, -0.2) is 8.78 Å². The van der Waals surface area contributed by atoms with Crippen LogP contribution in [0.4, 0.5) is 17.6 Å². The quantitative estimate of drug-likeness (QED) is 0.795. The average Bonchev–Trinajstić information content (AvgIpc) is 2.87. The lowest BCUT2D eigenvalue weighted by atomic mass is 10.1. The first-order valence-corrected chi connectivity index (χ1v) is 5.81. The number of hydrogen-bond donors (Lipinski definition) is 0. The maximum absolute atomic E-state index is 13.1. The molecule has 1 fully saturated rings. The van der Waals surface area contributed by atoms with E-state index in [1.54, 1.807) is 12.1 Å². The molecule has 0 N–H and O–H groups in total. The van der Waals surface area contributed by atoms with Crippen LogP contribution in [0, 0.1) is 0 Å². The van der Waals surface area contributed by atoms with Crippen LogP contribution in [0.5, 0.6) is 0 Å². The highest BCUT2D eigenvalue weighted by molar-refractivity contribution is 5.84. The molecule has 1 aliphatic heterocycles. The first-order chi connectivity index (χ1) is 8.94. The first kappa shape index (κ1) is 13.8. The lowest BCUT2D eigenvalue weighted by Crippen LogP contribution is -2.47. The molecule has 0 saturated carbocycles. The molecule has 1 aromatic heterocycles. The Kier molecular flexibility index (Phi) is 3.73. The maximum atomic E-state index is 13.1. The number of amides is 1. The minimum Gasteiger partial charge on any atom is -0.330 e. The lowest BCUT2D eigenvalue weighted by Gasteiger charge is -2.28. The number of carbonyl (C=O) groups is 1. The summed E-state index contributed by atoms with van der Waals surface area (Å²) in [6, 6.07) is 2.60. The van der Waals surface area contributed by atoms with Gasteiger partial charge in [0.25, 0.3) is 5.91 Å². The van der Waals surface area contributed by atoms with Crippen molar-refractivity contribution in [3.8, 4) is 0 Å². The fourth-order valence-electron chi connectivity index (χ4n) is 2.23. The molecule has 1 amide bonds. The van der Waals surface area contributed by atoms with E-state index >= 15 is 0 Å². The van der Waals surface area contributed by atoms with Crippen LogP contribution >= 0.6 is 0 Å². The summed E-state index contributed by atoms with van der Waals surface area (Å²) >= 11 is 0. The minimum absolute atomic E-state index is 0.0636. The number of pyridine rings is 1. The summed E-state index contributed by atoms with van der Waals surface area (Å²) in [5.74, 6) is -6.43. The number of halogens is 4. The molecule has 0 radical (unpaired) electrons. The van der Waals surface area contributed by atoms with Crippen molar-refractivity contribution >= 4 is 5.91 Å². The zero-order valence-electron chi connectivity index (χ0n) is 9.90. The average molecular weight is 276 g/mol. The van der Waals surface area contributed by atoms with Gasteiger partial charge in [0.2, 0.25) is 0 Å². The van der Waals surface area contributed by atoms with Crippen LogP contribution in [0.15, 0.2) is 24.5 Å². The molecule has 1 aromatic rings. The van der Waals surface area contributed by atoms with Gasteiger partial charge in [-0.05, 0) is 30.5 Å². The van der Waals surface area contributed by atoms with E-state index in [-0.39, 0.29) is 6.54 Å². The van der Waals surface area contributed by atoms with Crippen LogP contribution in [0.25, 0.3) is 0 Å². The molecule has 7 heteroatoms. The van der Waals surface area contributed by atoms with E-state index in [4.69, 9.17) is 0 Å². The van der Waals surface area contributed by atoms with Crippen LogP contribution in [-0.2, 0) is 4.79 Å². The van der Waals surface area contributed by atoms with Crippen molar-refractivity contribution < 1.29 is 22.4 Å². The van der Waals surface area contributed by atoms with E-state index in [2.05, 4.69) is 4.98 Å². The zero-order valence-corrected chi connectivity index (χ0v) is 9.90. The molecule has 3 nitrogen and oxygen atoms in total. The number of hydrogen-bond acceptors (Lipinski definition) is 2. The summed E-state index contributed by atoms with van der Waals surface area (Å²) in [7, 11) is 0. The van der Waals surface area contributed by atoms with Crippen molar-refractivity contribution in [2.45, 2.75) is 31.2 Å².